The van der Waals surface area contributed by atoms with E-state index >= 15 is 0 Å². The topological polar surface area (TPSA) is 18.1 Å². The number of hydrogen-bond donors (Lipinski definition) is 0. The van der Waals surface area contributed by atoms with Crippen molar-refractivity contribution in [3.8, 4) is 5.69 Å². The van der Waals surface area contributed by atoms with Crippen LogP contribution in [0.3, 0.4) is 0 Å². The van der Waals surface area contributed by atoms with Crippen LogP contribution in [0, 0.1) is 0 Å². The van der Waals surface area contributed by atoms with Gasteiger partial charge in [-0.25, -0.2) is 0 Å². The van der Waals surface area contributed by atoms with Crippen molar-refractivity contribution in [1.29, 1.82) is 0 Å². The smallest absolute Gasteiger partial charge is 0.146 e. The van der Waals surface area contributed by atoms with E-state index in [1.54, 1.807) is 0 Å². The number of fused-ring (bicyclic) bond motifs is 15. The fraction of sp³-hybridized carbons (Fsp3) is 0. The van der Waals surface area contributed by atoms with Gasteiger partial charge in [0.05, 0.1) is 16.4 Å². The molecule has 0 aliphatic carbocycles. The number of para-hydroxylation sites is 2. The van der Waals surface area contributed by atoms with Crippen LogP contribution < -0.4 is 0 Å². The SMILES string of the molecule is c1ccc2c(c1)oc1c3c4ccccc4sc3c3c4ccccc4n(-c4ccc5sc6ccccc6c5c4)c3c21. The minimum absolute atomic E-state index is 0.928. The number of aromatic nitrogens is 1. The summed E-state index contributed by atoms with van der Waals surface area (Å²) in [4.78, 5) is 0. The summed E-state index contributed by atoms with van der Waals surface area (Å²) in [5, 5.41) is 10.0. The maximum Gasteiger partial charge on any atom is 0.146 e. The van der Waals surface area contributed by atoms with E-state index in [9.17, 15) is 0 Å². The van der Waals surface area contributed by atoms with Gasteiger partial charge in [0.15, 0.2) is 0 Å². The van der Waals surface area contributed by atoms with Crippen LogP contribution in [0.5, 0.6) is 0 Å². The fourth-order valence-electron chi connectivity index (χ4n) is 6.73. The summed E-state index contributed by atoms with van der Waals surface area (Å²) in [6.07, 6.45) is 0. The largest absolute Gasteiger partial charge is 0.455 e. The molecule has 0 unspecified atom stereocenters. The number of nitrogens with zero attached hydrogens (tertiary/aromatic N) is 1. The fourth-order valence-corrected chi connectivity index (χ4v) is 9.08. The highest BCUT2D eigenvalue weighted by Crippen LogP contribution is 2.50. The molecule has 0 amide bonds. The lowest BCUT2D eigenvalue weighted by molar-refractivity contribution is 0.673. The van der Waals surface area contributed by atoms with Gasteiger partial charge in [-0.15, -0.1) is 22.7 Å². The van der Waals surface area contributed by atoms with Crippen molar-refractivity contribution in [2.45, 2.75) is 0 Å². The monoisotopic (exact) mass is 545 g/mol. The normalized spacial score (nSPS) is 12.5. The highest BCUT2D eigenvalue weighted by atomic mass is 32.1. The first-order chi connectivity index (χ1) is 19.8. The summed E-state index contributed by atoms with van der Waals surface area (Å²) in [7, 11) is 0. The van der Waals surface area contributed by atoms with Crippen LogP contribution in [0.25, 0.3) is 89.8 Å². The van der Waals surface area contributed by atoms with E-state index < -0.39 is 0 Å². The third kappa shape index (κ3) is 2.58. The zero-order valence-electron chi connectivity index (χ0n) is 21.1. The molecule has 2 nitrogen and oxygen atoms in total. The number of thiophene rings is 2. The Labute approximate surface area is 235 Å². The van der Waals surface area contributed by atoms with Crippen LogP contribution in [0.15, 0.2) is 120 Å². The first-order valence-corrected chi connectivity index (χ1v) is 15.1. The molecule has 10 rings (SSSR count). The van der Waals surface area contributed by atoms with Gasteiger partial charge in [-0.3, -0.25) is 0 Å². The number of benzene rings is 6. The van der Waals surface area contributed by atoms with Crippen LogP contribution in [0.1, 0.15) is 0 Å². The second kappa shape index (κ2) is 7.51. The summed E-state index contributed by atoms with van der Waals surface area (Å²) in [6, 6.07) is 41.8. The highest BCUT2D eigenvalue weighted by Gasteiger charge is 2.25. The lowest BCUT2D eigenvalue weighted by Gasteiger charge is -2.10. The minimum atomic E-state index is 0.928. The predicted molar refractivity (Wildman–Crippen MR) is 174 cm³/mol. The lowest BCUT2D eigenvalue weighted by atomic mass is 10.0. The summed E-state index contributed by atoms with van der Waals surface area (Å²) in [5.74, 6) is 0. The Balaban J connectivity index is 1.50. The van der Waals surface area contributed by atoms with Crippen LogP contribution in [0.2, 0.25) is 0 Å². The Morgan fingerprint density at radius 2 is 1.18 bits per heavy atom. The van der Waals surface area contributed by atoms with Crippen molar-refractivity contribution < 1.29 is 4.42 Å². The van der Waals surface area contributed by atoms with E-state index in [1.165, 1.54) is 73.2 Å². The lowest BCUT2D eigenvalue weighted by Crippen LogP contribution is -1.94. The molecule has 40 heavy (non-hydrogen) atoms. The van der Waals surface area contributed by atoms with Crippen molar-refractivity contribution in [3.63, 3.8) is 0 Å². The molecule has 0 bridgehead atoms. The molecule has 186 valence electrons. The molecule has 0 radical (unpaired) electrons. The zero-order valence-corrected chi connectivity index (χ0v) is 22.8. The summed E-state index contributed by atoms with van der Waals surface area (Å²) in [6.45, 7) is 0. The van der Waals surface area contributed by atoms with Crippen molar-refractivity contribution >= 4 is 107 Å². The molecule has 0 atom stereocenters. The highest BCUT2D eigenvalue weighted by molar-refractivity contribution is 7.27. The molecule has 4 heterocycles. The Kier molecular flexibility index (Phi) is 3.98. The number of hydrogen-bond acceptors (Lipinski definition) is 3. The number of rotatable bonds is 1. The van der Waals surface area contributed by atoms with Gasteiger partial charge in [0.1, 0.15) is 11.2 Å². The van der Waals surface area contributed by atoms with Gasteiger partial charge >= 0.3 is 0 Å². The third-order valence-corrected chi connectivity index (χ3v) is 10.7. The van der Waals surface area contributed by atoms with Gasteiger partial charge in [0.25, 0.3) is 0 Å². The third-order valence-electron chi connectivity index (χ3n) is 8.38. The maximum atomic E-state index is 6.74. The van der Waals surface area contributed by atoms with Crippen LogP contribution in [-0.2, 0) is 0 Å². The molecular formula is C36H19NOS2. The summed E-state index contributed by atoms with van der Waals surface area (Å²) >= 11 is 3.74. The molecule has 4 aromatic heterocycles. The van der Waals surface area contributed by atoms with Crippen molar-refractivity contribution in [3.05, 3.63) is 115 Å². The summed E-state index contributed by atoms with van der Waals surface area (Å²) in [5.41, 5.74) is 5.52. The molecule has 0 aliphatic heterocycles. The van der Waals surface area contributed by atoms with Crippen molar-refractivity contribution in [2.24, 2.45) is 0 Å². The van der Waals surface area contributed by atoms with E-state index in [0.717, 1.165) is 16.6 Å². The van der Waals surface area contributed by atoms with Gasteiger partial charge in [-0.05, 0) is 42.5 Å². The zero-order chi connectivity index (χ0) is 25.9. The average molecular weight is 546 g/mol. The molecule has 0 fully saturated rings. The second-order valence-corrected chi connectivity index (χ2v) is 12.6. The van der Waals surface area contributed by atoms with Crippen molar-refractivity contribution in [2.75, 3.05) is 0 Å². The molecule has 0 spiro atoms. The minimum Gasteiger partial charge on any atom is -0.455 e. The molecule has 0 aliphatic rings. The van der Waals surface area contributed by atoms with Gasteiger partial charge in [-0.2, -0.15) is 0 Å². The maximum absolute atomic E-state index is 6.74. The van der Waals surface area contributed by atoms with E-state index in [4.69, 9.17) is 4.42 Å². The van der Waals surface area contributed by atoms with Gasteiger partial charge in [0.2, 0.25) is 0 Å². The molecule has 0 saturated heterocycles. The molecular weight excluding hydrogens is 527 g/mol. The predicted octanol–water partition coefficient (Wildman–Crippen LogP) is 11.4. The molecule has 0 saturated carbocycles. The molecule has 4 heteroatoms. The molecule has 10 aromatic rings. The van der Waals surface area contributed by atoms with E-state index in [1.807, 2.05) is 22.7 Å². The van der Waals surface area contributed by atoms with Gasteiger partial charge in [-0.1, -0.05) is 72.8 Å². The van der Waals surface area contributed by atoms with E-state index in [-0.39, 0.29) is 0 Å². The average Bonchev–Trinajstić information content (AvgIpc) is 3.75. The van der Waals surface area contributed by atoms with Crippen LogP contribution in [0.4, 0.5) is 0 Å². The first kappa shape index (κ1) is 21.2. The quantitative estimate of drug-likeness (QED) is 0.201. The Bertz CT molecular complexity index is 2630. The van der Waals surface area contributed by atoms with Crippen LogP contribution >= 0.6 is 22.7 Å². The Morgan fingerprint density at radius 3 is 2.05 bits per heavy atom. The first-order valence-electron chi connectivity index (χ1n) is 13.4. The van der Waals surface area contributed by atoms with Crippen LogP contribution in [-0.4, -0.2) is 4.57 Å². The second-order valence-electron chi connectivity index (χ2n) is 10.5. The van der Waals surface area contributed by atoms with E-state index in [0.29, 0.717) is 0 Å². The Hall–Kier alpha value is -4.64. The van der Waals surface area contributed by atoms with Gasteiger partial charge in [0, 0.05) is 62.2 Å². The van der Waals surface area contributed by atoms with E-state index in [2.05, 4.69) is 120 Å². The molecule has 0 N–H and O–H groups in total. The molecule has 6 aromatic carbocycles. The van der Waals surface area contributed by atoms with Gasteiger partial charge < -0.3 is 8.98 Å². The number of furan rings is 1. The summed E-state index contributed by atoms with van der Waals surface area (Å²) < 4.78 is 14.4. The van der Waals surface area contributed by atoms with Crippen molar-refractivity contribution in [1.82, 2.24) is 4.57 Å². The standard InChI is InChI=1S/C36H19NOS2/c1-5-13-26-22(10-1)32-34(37(26)20-17-18-30-25(19-20)21-9-3-7-15-28(21)39-30)31-23-11-2-6-14-27(23)38-35(31)33-24-12-4-8-16-29(24)40-36(32)33/h1-19H. The Morgan fingerprint density at radius 1 is 0.500 bits per heavy atom.